The van der Waals surface area contributed by atoms with Crippen LogP contribution in [0.1, 0.15) is 12.8 Å². The summed E-state index contributed by atoms with van der Waals surface area (Å²) in [5.41, 5.74) is 0. The Bertz CT molecular complexity index is 386. The van der Waals surface area contributed by atoms with Crippen LogP contribution in [-0.4, -0.2) is 48.8 Å². The molecule has 0 radical (unpaired) electrons. The molecule has 0 spiro atoms. The van der Waals surface area contributed by atoms with E-state index in [0.717, 1.165) is 19.4 Å². The lowest BCUT2D eigenvalue weighted by Crippen LogP contribution is -2.35. The van der Waals surface area contributed by atoms with Gasteiger partial charge in [-0.05, 0) is 45.3 Å². The number of hydrogen-bond acceptors (Lipinski definition) is 3. The number of amides is 2. The van der Waals surface area contributed by atoms with E-state index in [2.05, 4.69) is 17.1 Å². The van der Waals surface area contributed by atoms with Gasteiger partial charge in [-0.2, -0.15) is 0 Å². The Balaban J connectivity index is 1.68. The smallest absolute Gasteiger partial charge is 0.233 e. The van der Waals surface area contributed by atoms with Crippen molar-refractivity contribution in [3.05, 3.63) is 12.2 Å². The van der Waals surface area contributed by atoms with E-state index in [9.17, 15) is 9.59 Å². The molecule has 0 N–H and O–H groups in total. The molecule has 3 aliphatic rings. The van der Waals surface area contributed by atoms with Gasteiger partial charge in [0.15, 0.2) is 0 Å². The maximum absolute atomic E-state index is 12.3. The number of fused-ring (bicyclic) bond motifs is 5. The summed E-state index contributed by atoms with van der Waals surface area (Å²) in [6.45, 7) is 1.50. The lowest BCUT2D eigenvalue weighted by Gasteiger charge is -2.18. The fourth-order valence-corrected chi connectivity index (χ4v) is 3.73. The van der Waals surface area contributed by atoms with Gasteiger partial charge < -0.3 is 4.90 Å². The summed E-state index contributed by atoms with van der Waals surface area (Å²) >= 11 is 0. The number of carbonyl (C=O) groups excluding carboxylic acids is 2. The molecule has 4 atom stereocenters. The van der Waals surface area contributed by atoms with E-state index in [1.54, 1.807) is 0 Å². The number of carbonyl (C=O) groups is 2. The van der Waals surface area contributed by atoms with E-state index in [-0.39, 0.29) is 23.7 Å². The van der Waals surface area contributed by atoms with Gasteiger partial charge in [0, 0.05) is 6.54 Å². The van der Waals surface area contributed by atoms with Crippen LogP contribution < -0.4 is 0 Å². The fourth-order valence-electron chi connectivity index (χ4n) is 3.73. The van der Waals surface area contributed by atoms with Gasteiger partial charge in [-0.15, -0.1) is 0 Å². The SMILES string of the molecule is CN(C)CCCN1C(=O)[C@@H]2[C@H](C1=O)[C@@H]1C=C[C@H]2C1. The summed E-state index contributed by atoms with van der Waals surface area (Å²) < 4.78 is 0. The largest absolute Gasteiger partial charge is 0.309 e. The molecule has 0 aromatic heterocycles. The zero-order valence-corrected chi connectivity index (χ0v) is 11.0. The van der Waals surface area contributed by atoms with Crippen LogP contribution in [-0.2, 0) is 9.59 Å². The monoisotopic (exact) mass is 248 g/mol. The van der Waals surface area contributed by atoms with Crippen molar-refractivity contribution in [3.63, 3.8) is 0 Å². The Labute approximate surface area is 108 Å². The minimum atomic E-state index is -0.0353. The topological polar surface area (TPSA) is 40.6 Å². The maximum Gasteiger partial charge on any atom is 0.233 e. The van der Waals surface area contributed by atoms with Crippen molar-refractivity contribution >= 4 is 11.8 Å². The Morgan fingerprint density at radius 1 is 1.17 bits per heavy atom. The van der Waals surface area contributed by atoms with Crippen molar-refractivity contribution in [1.29, 1.82) is 0 Å². The maximum atomic E-state index is 12.3. The van der Waals surface area contributed by atoms with E-state index >= 15 is 0 Å². The van der Waals surface area contributed by atoms with Gasteiger partial charge in [-0.25, -0.2) is 0 Å². The van der Waals surface area contributed by atoms with Crippen LogP contribution in [0, 0.1) is 23.7 Å². The van der Waals surface area contributed by atoms with E-state index in [1.165, 1.54) is 4.90 Å². The minimum Gasteiger partial charge on any atom is -0.309 e. The molecule has 2 fully saturated rings. The van der Waals surface area contributed by atoms with Gasteiger partial charge in [0.05, 0.1) is 11.8 Å². The molecule has 0 unspecified atom stereocenters. The number of likely N-dealkylation sites (tertiary alicyclic amines) is 1. The normalized spacial score (nSPS) is 37.2. The molecule has 4 heteroatoms. The van der Waals surface area contributed by atoms with Gasteiger partial charge >= 0.3 is 0 Å². The molecular formula is C14H20N2O2. The summed E-state index contributed by atoms with van der Waals surface area (Å²) in [7, 11) is 4.01. The molecule has 18 heavy (non-hydrogen) atoms. The number of rotatable bonds is 4. The van der Waals surface area contributed by atoms with Gasteiger partial charge in [0.25, 0.3) is 0 Å². The van der Waals surface area contributed by atoms with Crippen molar-refractivity contribution in [2.75, 3.05) is 27.2 Å². The second-order valence-electron chi connectivity index (χ2n) is 5.98. The summed E-state index contributed by atoms with van der Waals surface area (Å²) in [5.74, 6) is 0.755. The third-order valence-corrected chi connectivity index (χ3v) is 4.55. The van der Waals surface area contributed by atoms with Crippen molar-refractivity contribution in [3.8, 4) is 0 Å². The van der Waals surface area contributed by atoms with Crippen LogP contribution in [0.2, 0.25) is 0 Å². The molecule has 2 aliphatic carbocycles. The highest BCUT2D eigenvalue weighted by Crippen LogP contribution is 2.52. The van der Waals surface area contributed by atoms with Crippen LogP contribution in [0.15, 0.2) is 12.2 Å². The standard InChI is InChI=1S/C14H20N2O2/c1-15(2)6-3-7-16-13(17)11-9-4-5-10(8-9)12(11)14(16)18/h4-5,9-12H,3,6-8H2,1-2H3/t9-,10+,11-,12+. The van der Waals surface area contributed by atoms with Gasteiger partial charge in [-0.1, -0.05) is 12.2 Å². The van der Waals surface area contributed by atoms with Gasteiger partial charge in [-0.3, -0.25) is 14.5 Å². The van der Waals surface area contributed by atoms with E-state index in [0.29, 0.717) is 18.4 Å². The second-order valence-corrected chi connectivity index (χ2v) is 5.98. The quantitative estimate of drug-likeness (QED) is 0.544. The Hall–Kier alpha value is -1.16. The molecule has 2 amide bonds. The first kappa shape index (κ1) is 11.9. The highest BCUT2D eigenvalue weighted by Gasteiger charge is 2.58. The lowest BCUT2D eigenvalue weighted by atomic mass is 9.85. The molecule has 0 aromatic rings. The fraction of sp³-hybridized carbons (Fsp3) is 0.714. The molecular weight excluding hydrogens is 228 g/mol. The molecule has 1 saturated heterocycles. The first-order chi connectivity index (χ1) is 8.59. The predicted molar refractivity (Wildman–Crippen MR) is 67.6 cm³/mol. The molecule has 4 nitrogen and oxygen atoms in total. The summed E-state index contributed by atoms with van der Waals surface area (Å²) in [6.07, 6.45) is 6.16. The van der Waals surface area contributed by atoms with Crippen LogP contribution in [0.4, 0.5) is 0 Å². The average Bonchev–Trinajstić information content (AvgIpc) is 2.97. The number of allylic oxidation sites excluding steroid dienone is 2. The lowest BCUT2D eigenvalue weighted by molar-refractivity contribution is -0.140. The van der Waals surface area contributed by atoms with Crippen LogP contribution in [0.5, 0.6) is 0 Å². The first-order valence-electron chi connectivity index (χ1n) is 6.78. The Morgan fingerprint density at radius 2 is 1.72 bits per heavy atom. The van der Waals surface area contributed by atoms with Crippen LogP contribution in [0.3, 0.4) is 0 Å². The Kier molecular flexibility index (Phi) is 2.77. The molecule has 1 aliphatic heterocycles. The molecule has 2 bridgehead atoms. The molecule has 1 heterocycles. The van der Waals surface area contributed by atoms with E-state index in [4.69, 9.17) is 0 Å². The van der Waals surface area contributed by atoms with Crippen LogP contribution in [0.25, 0.3) is 0 Å². The molecule has 1 saturated carbocycles. The Morgan fingerprint density at radius 3 is 2.22 bits per heavy atom. The van der Waals surface area contributed by atoms with E-state index < -0.39 is 0 Å². The molecule has 3 rings (SSSR count). The summed E-state index contributed by atoms with van der Waals surface area (Å²) in [6, 6.07) is 0. The third kappa shape index (κ3) is 1.62. The third-order valence-electron chi connectivity index (χ3n) is 4.55. The highest BCUT2D eigenvalue weighted by atomic mass is 16.2. The highest BCUT2D eigenvalue weighted by molar-refractivity contribution is 6.06. The summed E-state index contributed by atoms with van der Waals surface area (Å²) in [4.78, 5) is 28.2. The minimum absolute atomic E-state index is 0.0353. The van der Waals surface area contributed by atoms with Crippen molar-refractivity contribution in [1.82, 2.24) is 9.80 Å². The van der Waals surface area contributed by atoms with Gasteiger partial charge in [0.2, 0.25) is 11.8 Å². The predicted octanol–water partition coefficient (Wildman–Crippen LogP) is 0.745. The zero-order valence-electron chi connectivity index (χ0n) is 11.0. The van der Waals surface area contributed by atoms with Crippen molar-refractivity contribution in [2.24, 2.45) is 23.7 Å². The average molecular weight is 248 g/mol. The number of imide groups is 1. The zero-order chi connectivity index (χ0) is 12.9. The molecule has 0 aromatic carbocycles. The van der Waals surface area contributed by atoms with Crippen LogP contribution >= 0.6 is 0 Å². The van der Waals surface area contributed by atoms with E-state index in [1.807, 2.05) is 14.1 Å². The second kappa shape index (κ2) is 4.19. The number of nitrogens with zero attached hydrogens (tertiary/aromatic N) is 2. The van der Waals surface area contributed by atoms with Crippen molar-refractivity contribution in [2.45, 2.75) is 12.8 Å². The first-order valence-corrected chi connectivity index (χ1v) is 6.78. The summed E-state index contributed by atoms with van der Waals surface area (Å²) in [5, 5.41) is 0. The van der Waals surface area contributed by atoms with Crippen molar-refractivity contribution < 1.29 is 9.59 Å². The molecule has 98 valence electrons. The number of hydrogen-bond donors (Lipinski definition) is 0. The van der Waals surface area contributed by atoms with Gasteiger partial charge in [0.1, 0.15) is 0 Å².